The molecule has 0 atom stereocenters. The highest BCUT2D eigenvalue weighted by atomic mass is 16.3. The van der Waals surface area contributed by atoms with Gasteiger partial charge in [0, 0.05) is 34.3 Å². The Morgan fingerprint density at radius 3 is 2.86 bits per heavy atom. The van der Waals surface area contributed by atoms with Gasteiger partial charge in [-0.05, 0) is 38.1 Å². The number of hydrogen-bond acceptors (Lipinski definition) is 6. The highest BCUT2D eigenvalue weighted by Crippen LogP contribution is 2.32. The zero-order chi connectivity index (χ0) is 19.2. The summed E-state index contributed by atoms with van der Waals surface area (Å²) in [5.41, 5.74) is 6.42. The molecule has 3 N–H and O–H groups in total. The number of imidazole rings is 1. The second-order valence-corrected chi connectivity index (χ2v) is 7.43. The molecule has 29 heavy (non-hydrogen) atoms. The Morgan fingerprint density at radius 2 is 2.00 bits per heavy atom. The lowest BCUT2D eigenvalue weighted by Crippen LogP contribution is -2.27. The van der Waals surface area contributed by atoms with E-state index in [1.807, 2.05) is 12.3 Å². The molecule has 0 spiro atoms. The standard InChI is InChI=1S/C21H19N7O/c1-4-22-5-2-12(1)16-7-14-17(10-24-16)27-28-20(14)21-25-18-9-23-8-15(19(18)26-21)13-3-6-29-11-13/h3,6-12,22H,1-2,4-5H2,(H,25,26)(H,27,28). The van der Waals surface area contributed by atoms with Crippen molar-refractivity contribution < 1.29 is 4.42 Å². The van der Waals surface area contributed by atoms with E-state index in [1.165, 1.54) is 0 Å². The van der Waals surface area contributed by atoms with Crippen LogP contribution in [0.25, 0.3) is 44.6 Å². The highest BCUT2D eigenvalue weighted by Gasteiger charge is 2.20. The van der Waals surface area contributed by atoms with Crippen LogP contribution in [0.1, 0.15) is 24.5 Å². The lowest BCUT2D eigenvalue weighted by atomic mass is 9.93. The predicted octanol–water partition coefficient (Wildman–Crippen LogP) is 3.62. The van der Waals surface area contributed by atoms with E-state index >= 15 is 0 Å². The molecule has 1 aliphatic heterocycles. The lowest BCUT2D eigenvalue weighted by molar-refractivity contribution is 0.453. The maximum atomic E-state index is 5.23. The third-order valence-electron chi connectivity index (χ3n) is 5.68. The smallest absolute Gasteiger partial charge is 0.159 e. The van der Waals surface area contributed by atoms with Gasteiger partial charge < -0.3 is 14.7 Å². The van der Waals surface area contributed by atoms with Gasteiger partial charge in [0.15, 0.2) is 5.82 Å². The van der Waals surface area contributed by atoms with Gasteiger partial charge in [-0.25, -0.2) is 4.98 Å². The van der Waals surface area contributed by atoms with Crippen LogP contribution in [0, 0.1) is 0 Å². The van der Waals surface area contributed by atoms with E-state index in [0.29, 0.717) is 11.7 Å². The minimum atomic E-state index is 0.482. The molecule has 8 heteroatoms. The average Bonchev–Trinajstić information content (AvgIpc) is 3.52. The molecule has 0 amide bonds. The Labute approximate surface area is 165 Å². The summed E-state index contributed by atoms with van der Waals surface area (Å²) in [5, 5.41) is 12.1. The fraction of sp³-hybridized carbons (Fsp3) is 0.238. The maximum Gasteiger partial charge on any atom is 0.159 e. The first-order chi connectivity index (χ1) is 14.4. The first-order valence-electron chi connectivity index (χ1n) is 9.78. The summed E-state index contributed by atoms with van der Waals surface area (Å²) in [7, 11) is 0. The molecule has 1 saturated heterocycles. The van der Waals surface area contributed by atoms with Gasteiger partial charge in [-0.3, -0.25) is 15.1 Å². The average molecular weight is 385 g/mol. The minimum Gasteiger partial charge on any atom is -0.472 e. The van der Waals surface area contributed by atoms with Gasteiger partial charge in [-0.15, -0.1) is 0 Å². The highest BCUT2D eigenvalue weighted by molar-refractivity contribution is 5.96. The molecular formula is C21H19N7O. The van der Waals surface area contributed by atoms with Crippen molar-refractivity contribution in [3.8, 4) is 22.6 Å². The van der Waals surface area contributed by atoms with Gasteiger partial charge in [0.05, 0.1) is 36.0 Å². The van der Waals surface area contributed by atoms with Crippen molar-refractivity contribution in [2.75, 3.05) is 13.1 Å². The van der Waals surface area contributed by atoms with Gasteiger partial charge in [0.1, 0.15) is 11.2 Å². The van der Waals surface area contributed by atoms with Crippen LogP contribution < -0.4 is 5.32 Å². The number of fused-ring (bicyclic) bond motifs is 2. The largest absolute Gasteiger partial charge is 0.472 e. The number of pyridine rings is 2. The molecule has 0 radical (unpaired) electrons. The molecule has 0 unspecified atom stereocenters. The van der Waals surface area contributed by atoms with Gasteiger partial charge in [-0.1, -0.05) is 0 Å². The summed E-state index contributed by atoms with van der Waals surface area (Å²) < 4.78 is 5.23. The summed E-state index contributed by atoms with van der Waals surface area (Å²) >= 11 is 0. The SMILES string of the molecule is c1cc(-c2cncc3[nH]c(-c4n[nH]c5cnc(C6CCNCC6)cc45)nc23)co1. The molecule has 144 valence electrons. The van der Waals surface area contributed by atoms with Gasteiger partial charge in [0.25, 0.3) is 0 Å². The number of H-pyrrole nitrogens is 2. The molecule has 0 bridgehead atoms. The molecule has 8 nitrogen and oxygen atoms in total. The van der Waals surface area contributed by atoms with Crippen LogP contribution in [0.2, 0.25) is 0 Å². The second-order valence-electron chi connectivity index (χ2n) is 7.43. The number of nitrogens with one attached hydrogen (secondary N) is 3. The first kappa shape index (κ1) is 16.4. The van der Waals surface area contributed by atoms with Crippen molar-refractivity contribution in [1.82, 2.24) is 35.5 Å². The third kappa shape index (κ3) is 2.72. The molecular weight excluding hydrogens is 366 g/mol. The van der Waals surface area contributed by atoms with Gasteiger partial charge in [-0.2, -0.15) is 5.10 Å². The zero-order valence-corrected chi connectivity index (χ0v) is 15.6. The number of furan rings is 1. The van der Waals surface area contributed by atoms with Crippen LogP contribution in [0.4, 0.5) is 0 Å². The lowest BCUT2D eigenvalue weighted by Gasteiger charge is -2.21. The third-order valence-corrected chi connectivity index (χ3v) is 5.68. The summed E-state index contributed by atoms with van der Waals surface area (Å²) in [6.07, 6.45) is 11.0. The molecule has 0 aromatic carbocycles. The normalized spacial score (nSPS) is 15.4. The zero-order valence-electron chi connectivity index (χ0n) is 15.6. The van der Waals surface area contributed by atoms with E-state index in [4.69, 9.17) is 9.40 Å². The van der Waals surface area contributed by atoms with Crippen LogP contribution in [0.5, 0.6) is 0 Å². The summed E-state index contributed by atoms with van der Waals surface area (Å²) in [6, 6.07) is 4.07. The Bertz CT molecular complexity index is 1300. The van der Waals surface area contributed by atoms with Crippen LogP contribution in [0.15, 0.2) is 47.7 Å². The molecule has 5 aromatic rings. The Balaban J connectivity index is 1.48. The van der Waals surface area contributed by atoms with Crippen LogP contribution in [-0.2, 0) is 0 Å². The second kappa shape index (κ2) is 6.52. The monoisotopic (exact) mass is 385 g/mol. The Morgan fingerprint density at radius 1 is 1.07 bits per heavy atom. The molecule has 0 aliphatic carbocycles. The molecule has 6 rings (SSSR count). The summed E-state index contributed by atoms with van der Waals surface area (Å²) in [5.74, 6) is 1.20. The molecule has 5 aromatic heterocycles. The van der Waals surface area contributed by atoms with E-state index in [1.54, 1.807) is 24.9 Å². The number of aromatic amines is 2. The summed E-state index contributed by atoms with van der Waals surface area (Å²) in [6.45, 7) is 2.08. The van der Waals surface area contributed by atoms with Crippen LogP contribution in [0.3, 0.4) is 0 Å². The van der Waals surface area contributed by atoms with Crippen molar-refractivity contribution in [2.24, 2.45) is 0 Å². The number of nitrogens with zero attached hydrogens (tertiary/aromatic N) is 4. The van der Waals surface area contributed by atoms with E-state index in [-0.39, 0.29) is 0 Å². The topological polar surface area (TPSA) is 108 Å². The Hall–Kier alpha value is -3.52. The molecule has 6 heterocycles. The van der Waals surface area contributed by atoms with Gasteiger partial charge >= 0.3 is 0 Å². The molecule has 1 fully saturated rings. The van der Waals surface area contributed by atoms with Crippen LogP contribution in [-0.4, -0.2) is 43.2 Å². The van der Waals surface area contributed by atoms with Crippen molar-refractivity contribution in [1.29, 1.82) is 0 Å². The number of rotatable bonds is 3. The molecule has 1 aliphatic rings. The predicted molar refractivity (Wildman–Crippen MR) is 109 cm³/mol. The molecule has 0 saturated carbocycles. The van der Waals surface area contributed by atoms with Gasteiger partial charge in [0.2, 0.25) is 0 Å². The van der Waals surface area contributed by atoms with Crippen molar-refractivity contribution in [3.05, 3.63) is 48.9 Å². The van der Waals surface area contributed by atoms with E-state index in [0.717, 1.165) is 70.4 Å². The van der Waals surface area contributed by atoms with E-state index in [9.17, 15) is 0 Å². The van der Waals surface area contributed by atoms with E-state index in [2.05, 4.69) is 36.5 Å². The number of hydrogen-bond donors (Lipinski definition) is 3. The first-order valence-corrected chi connectivity index (χ1v) is 9.78. The van der Waals surface area contributed by atoms with Crippen LogP contribution >= 0.6 is 0 Å². The van der Waals surface area contributed by atoms with Crippen molar-refractivity contribution in [3.63, 3.8) is 0 Å². The number of piperidine rings is 1. The summed E-state index contributed by atoms with van der Waals surface area (Å²) in [4.78, 5) is 17.2. The van der Waals surface area contributed by atoms with Crippen molar-refractivity contribution in [2.45, 2.75) is 18.8 Å². The fourth-order valence-electron chi connectivity index (χ4n) is 4.13. The minimum absolute atomic E-state index is 0.482. The fourth-order valence-corrected chi connectivity index (χ4v) is 4.13. The quantitative estimate of drug-likeness (QED) is 0.438. The van der Waals surface area contributed by atoms with E-state index < -0.39 is 0 Å². The van der Waals surface area contributed by atoms with Crippen molar-refractivity contribution >= 4 is 21.9 Å². The Kier molecular flexibility index (Phi) is 3.70. The number of aromatic nitrogens is 6. The maximum absolute atomic E-state index is 5.23.